The Morgan fingerprint density at radius 3 is 2.76 bits per heavy atom. The largest absolute Gasteiger partial charge is 0.297 e. The number of nitrogens with zero attached hydrogens (tertiary/aromatic N) is 1. The van der Waals surface area contributed by atoms with Gasteiger partial charge in [-0.25, -0.2) is 13.1 Å². The van der Waals surface area contributed by atoms with E-state index >= 15 is 0 Å². The summed E-state index contributed by atoms with van der Waals surface area (Å²) in [7, 11) is -3.10. The van der Waals surface area contributed by atoms with Crippen LogP contribution in [0.2, 0.25) is 0 Å². The summed E-state index contributed by atoms with van der Waals surface area (Å²) in [6, 6.07) is 4.59. The van der Waals surface area contributed by atoms with Crippen molar-refractivity contribution in [3.8, 4) is 0 Å². The molecule has 0 spiro atoms. The van der Waals surface area contributed by atoms with E-state index in [4.69, 9.17) is 0 Å². The second kappa shape index (κ2) is 6.36. The molecule has 6 heteroatoms. The summed E-state index contributed by atoms with van der Waals surface area (Å²) in [5.74, 6) is 0.940. The molecule has 1 aliphatic carbocycles. The molecule has 1 atom stereocenters. The topological polar surface area (TPSA) is 49.4 Å². The van der Waals surface area contributed by atoms with Crippen LogP contribution in [0.1, 0.15) is 35.4 Å². The van der Waals surface area contributed by atoms with Crippen LogP contribution in [-0.4, -0.2) is 38.7 Å². The number of thiophene rings is 1. The van der Waals surface area contributed by atoms with Crippen LogP contribution in [0.5, 0.6) is 0 Å². The van der Waals surface area contributed by atoms with Crippen LogP contribution in [0.4, 0.5) is 0 Å². The lowest BCUT2D eigenvalue weighted by Gasteiger charge is -2.32. The number of nitrogens with one attached hydrogen (secondary N) is 1. The van der Waals surface area contributed by atoms with Crippen molar-refractivity contribution in [3.63, 3.8) is 0 Å². The number of hydrogen-bond acceptors (Lipinski definition) is 4. The molecule has 1 aliphatic heterocycles. The van der Waals surface area contributed by atoms with Crippen LogP contribution < -0.4 is 4.72 Å². The van der Waals surface area contributed by atoms with Gasteiger partial charge >= 0.3 is 0 Å². The average molecular weight is 329 g/mol. The lowest BCUT2D eigenvalue weighted by Crippen LogP contribution is -2.46. The van der Waals surface area contributed by atoms with E-state index in [1.54, 1.807) is 0 Å². The molecule has 4 nitrogen and oxygen atoms in total. The third kappa shape index (κ3) is 5.06. The van der Waals surface area contributed by atoms with Gasteiger partial charge in [0.2, 0.25) is 10.0 Å². The number of hydrogen-bond donors (Lipinski definition) is 1. The van der Waals surface area contributed by atoms with Gasteiger partial charge in [0, 0.05) is 28.9 Å². The average Bonchev–Trinajstić information content (AvgIpc) is 3.07. The number of sulfonamides is 1. The highest BCUT2D eigenvalue weighted by atomic mass is 32.2. The van der Waals surface area contributed by atoms with Crippen LogP contribution in [0.15, 0.2) is 12.1 Å². The molecule has 1 saturated carbocycles. The number of likely N-dealkylation sites (tertiary alicyclic amines) is 1. The lowest BCUT2D eigenvalue weighted by molar-refractivity contribution is 0.196. The van der Waals surface area contributed by atoms with E-state index in [-0.39, 0.29) is 6.04 Å². The van der Waals surface area contributed by atoms with Crippen molar-refractivity contribution in [2.45, 2.75) is 44.7 Å². The third-order valence-corrected chi connectivity index (χ3v) is 6.02. The van der Waals surface area contributed by atoms with E-state index < -0.39 is 10.0 Å². The summed E-state index contributed by atoms with van der Waals surface area (Å²) in [6.45, 7) is 2.85. The van der Waals surface area contributed by atoms with Gasteiger partial charge in [0.05, 0.1) is 6.26 Å². The van der Waals surface area contributed by atoms with E-state index in [2.05, 4.69) is 21.8 Å². The van der Waals surface area contributed by atoms with Crippen molar-refractivity contribution in [1.29, 1.82) is 0 Å². The molecule has 1 saturated heterocycles. The van der Waals surface area contributed by atoms with Gasteiger partial charge in [0.25, 0.3) is 0 Å². The minimum Gasteiger partial charge on any atom is -0.297 e. The highest BCUT2D eigenvalue weighted by Gasteiger charge is 2.24. The molecule has 0 amide bonds. The van der Waals surface area contributed by atoms with Crippen LogP contribution >= 0.6 is 11.3 Å². The summed E-state index contributed by atoms with van der Waals surface area (Å²) >= 11 is 1.93. The van der Waals surface area contributed by atoms with Gasteiger partial charge in [0.1, 0.15) is 0 Å². The van der Waals surface area contributed by atoms with Gasteiger partial charge in [-0.1, -0.05) is 0 Å². The van der Waals surface area contributed by atoms with Gasteiger partial charge < -0.3 is 0 Å². The van der Waals surface area contributed by atoms with E-state index in [1.807, 2.05) is 11.3 Å². The minimum absolute atomic E-state index is 0.0691. The first kappa shape index (κ1) is 15.5. The predicted molar refractivity (Wildman–Crippen MR) is 87.0 cm³/mol. The van der Waals surface area contributed by atoms with Gasteiger partial charge in [0.15, 0.2) is 0 Å². The molecule has 1 aromatic heterocycles. The maximum absolute atomic E-state index is 11.3. The van der Waals surface area contributed by atoms with E-state index in [9.17, 15) is 8.42 Å². The molecule has 1 N–H and O–H groups in total. The van der Waals surface area contributed by atoms with Crippen LogP contribution in [0.25, 0.3) is 0 Å². The molecule has 0 bridgehead atoms. The molecular formula is C15H24N2O2S2. The Kier molecular flexibility index (Phi) is 4.69. The minimum atomic E-state index is -3.10. The highest BCUT2D eigenvalue weighted by Crippen LogP contribution is 2.34. The van der Waals surface area contributed by atoms with Gasteiger partial charge in [-0.05, 0) is 56.7 Å². The molecule has 118 valence electrons. The second-order valence-corrected chi connectivity index (χ2v) is 9.51. The molecular weight excluding hydrogens is 304 g/mol. The van der Waals surface area contributed by atoms with E-state index in [0.29, 0.717) is 0 Å². The lowest BCUT2D eigenvalue weighted by atomic mass is 10.1. The normalized spacial score (nSPS) is 24.3. The SMILES string of the molecule is CS(=O)(=O)N[C@H]1CCCN(Cc2ccc(CC3CC3)s2)C1. The first-order valence-electron chi connectivity index (χ1n) is 7.75. The zero-order valence-corrected chi connectivity index (χ0v) is 14.2. The van der Waals surface area contributed by atoms with Gasteiger partial charge in [-0.2, -0.15) is 0 Å². The van der Waals surface area contributed by atoms with Gasteiger partial charge in [-0.3, -0.25) is 4.90 Å². The number of piperidine rings is 1. The summed E-state index contributed by atoms with van der Waals surface area (Å²) in [5, 5.41) is 0. The van der Waals surface area contributed by atoms with Crippen LogP contribution in [0.3, 0.4) is 0 Å². The smallest absolute Gasteiger partial charge is 0.208 e. The van der Waals surface area contributed by atoms with Crippen LogP contribution in [0, 0.1) is 5.92 Å². The fraction of sp³-hybridized carbons (Fsp3) is 0.733. The van der Waals surface area contributed by atoms with Crippen molar-refractivity contribution in [1.82, 2.24) is 9.62 Å². The molecule has 2 heterocycles. The Balaban J connectivity index is 1.52. The second-order valence-electron chi connectivity index (χ2n) is 6.48. The quantitative estimate of drug-likeness (QED) is 0.871. The molecule has 3 rings (SSSR count). The first-order valence-corrected chi connectivity index (χ1v) is 10.5. The first-order chi connectivity index (χ1) is 9.98. The third-order valence-electron chi connectivity index (χ3n) is 4.17. The Morgan fingerprint density at radius 1 is 1.29 bits per heavy atom. The van der Waals surface area contributed by atoms with Crippen molar-refractivity contribution < 1.29 is 8.42 Å². The van der Waals surface area contributed by atoms with Crippen molar-refractivity contribution >= 4 is 21.4 Å². The molecule has 1 aromatic rings. The Bertz CT molecular complexity index is 578. The zero-order chi connectivity index (χ0) is 14.9. The predicted octanol–water partition coefficient (Wildman–Crippen LogP) is 2.21. The van der Waals surface area contributed by atoms with Gasteiger partial charge in [-0.15, -0.1) is 11.3 Å². The molecule has 0 radical (unpaired) electrons. The standard InChI is InChI=1S/C15H24N2O2S2/c1-21(18,19)16-13-3-2-8-17(10-13)11-15-7-6-14(20-15)9-12-4-5-12/h6-7,12-13,16H,2-5,8-11H2,1H3/t13-/m0/s1. The summed E-state index contributed by atoms with van der Waals surface area (Å²) in [4.78, 5) is 5.29. The Hall–Kier alpha value is -0.430. The maximum atomic E-state index is 11.3. The fourth-order valence-corrected chi connectivity index (χ4v) is 5.01. The number of rotatable bonds is 6. The summed E-state index contributed by atoms with van der Waals surface area (Å²) < 4.78 is 25.4. The fourth-order valence-electron chi connectivity index (χ4n) is 3.04. The van der Waals surface area contributed by atoms with Crippen LogP contribution in [-0.2, 0) is 23.0 Å². The molecule has 0 aromatic carbocycles. The molecule has 2 fully saturated rings. The Morgan fingerprint density at radius 2 is 2.05 bits per heavy atom. The Labute approximate surface area is 131 Å². The molecule has 2 aliphatic rings. The summed E-state index contributed by atoms with van der Waals surface area (Å²) in [5.41, 5.74) is 0. The highest BCUT2D eigenvalue weighted by molar-refractivity contribution is 7.88. The molecule has 0 unspecified atom stereocenters. The molecule has 21 heavy (non-hydrogen) atoms. The maximum Gasteiger partial charge on any atom is 0.208 e. The van der Waals surface area contributed by atoms with Crippen molar-refractivity contribution in [2.24, 2.45) is 5.92 Å². The van der Waals surface area contributed by atoms with E-state index in [0.717, 1.165) is 38.4 Å². The monoisotopic (exact) mass is 328 g/mol. The van der Waals surface area contributed by atoms with E-state index in [1.165, 1.54) is 35.3 Å². The summed E-state index contributed by atoms with van der Waals surface area (Å²) in [6.07, 6.45) is 7.31. The van der Waals surface area contributed by atoms with Crippen molar-refractivity contribution in [3.05, 3.63) is 21.9 Å². The van der Waals surface area contributed by atoms with Crippen molar-refractivity contribution in [2.75, 3.05) is 19.3 Å². The zero-order valence-electron chi connectivity index (χ0n) is 12.5.